The summed E-state index contributed by atoms with van der Waals surface area (Å²) in [6.45, 7) is 4.32. The van der Waals surface area contributed by atoms with Gasteiger partial charge in [-0.1, -0.05) is 13.8 Å². The summed E-state index contributed by atoms with van der Waals surface area (Å²) >= 11 is 0. The molecule has 2 rings (SSSR count). The average molecular weight is 244 g/mol. The molecule has 0 amide bonds. The van der Waals surface area contributed by atoms with Crippen molar-refractivity contribution in [2.24, 2.45) is 17.1 Å². The van der Waals surface area contributed by atoms with Crippen LogP contribution < -0.4 is 5.73 Å². The predicted octanol–water partition coefficient (Wildman–Crippen LogP) is 2.80. The van der Waals surface area contributed by atoms with Crippen LogP contribution in [0.2, 0.25) is 0 Å². The van der Waals surface area contributed by atoms with E-state index in [2.05, 4.69) is 4.98 Å². The molecule has 0 bridgehead atoms. The molecule has 94 valence electrons. The fourth-order valence-corrected chi connectivity index (χ4v) is 2.71. The van der Waals surface area contributed by atoms with Crippen LogP contribution in [0.1, 0.15) is 30.9 Å². The minimum Gasteiger partial charge on any atom is -0.330 e. The SMILES string of the molecule is CC1(C)[C@H](CN)[C@H]1c1ccncc1C(F)(F)F. The fourth-order valence-electron chi connectivity index (χ4n) is 2.71. The van der Waals surface area contributed by atoms with E-state index in [0.29, 0.717) is 12.1 Å². The lowest BCUT2D eigenvalue weighted by molar-refractivity contribution is -0.138. The maximum Gasteiger partial charge on any atom is 0.418 e. The summed E-state index contributed by atoms with van der Waals surface area (Å²) in [5, 5.41) is 0. The maximum absolute atomic E-state index is 12.8. The molecule has 0 aromatic carbocycles. The summed E-state index contributed by atoms with van der Waals surface area (Å²) in [4.78, 5) is 3.57. The molecule has 1 aliphatic carbocycles. The van der Waals surface area contributed by atoms with E-state index in [4.69, 9.17) is 5.73 Å². The van der Waals surface area contributed by atoms with Crippen LogP contribution in [0.5, 0.6) is 0 Å². The number of aromatic nitrogens is 1. The molecule has 0 saturated heterocycles. The van der Waals surface area contributed by atoms with Gasteiger partial charge in [-0.05, 0) is 35.4 Å². The van der Waals surface area contributed by atoms with Crippen LogP contribution in [0.3, 0.4) is 0 Å². The monoisotopic (exact) mass is 244 g/mol. The molecule has 0 aliphatic heterocycles. The Morgan fingerprint density at radius 1 is 1.41 bits per heavy atom. The highest BCUT2D eigenvalue weighted by Gasteiger charge is 2.59. The van der Waals surface area contributed by atoms with Crippen molar-refractivity contribution < 1.29 is 13.2 Å². The molecule has 1 saturated carbocycles. The van der Waals surface area contributed by atoms with Gasteiger partial charge in [0.05, 0.1) is 5.56 Å². The largest absolute Gasteiger partial charge is 0.418 e. The second-order valence-electron chi connectivity index (χ2n) is 5.10. The molecule has 1 fully saturated rings. The standard InChI is InChI=1S/C12H15F3N2/c1-11(2)8(5-16)10(11)7-3-4-17-6-9(7)12(13,14)15/h3-4,6,8,10H,5,16H2,1-2H3/t8-,10-/m1/s1. The van der Waals surface area contributed by atoms with Crippen LogP contribution in [-0.2, 0) is 6.18 Å². The number of halogens is 3. The highest BCUT2D eigenvalue weighted by atomic mass is 19.4. The number of pyridine rings is 1. The van der Waals surface area contributed by atoms with E-state index in [-0.39, 0.29) is 17.3 Å². The first-order valence-electron chi connectivity index (χ1n) is 5.51. The molecule has 1 heterocycles. The van der Waals surface area contributed by atoms with E-state index in [1.807, 2.05) is 13.8 Å². The molecule has 1 aromatic rings. The molecule has 2 nitrogen and oxygen atoms in total. The Balaban J connectivity index is 2.42. The zero-order valence-corrected chi connectivity index (χ0v) is 9.75. The first-order chi connectivity index (χ1) is 7.80. The third-order valence-electron chi connectivity index (χ3n) is 3.80. The summed E-state index contributed by atoms with van der Waals surface area (Å²) in [5.74, 6) is -0.00174. The van der Waals surface area contributed by atoms with Crippen LogP contribution in [0.4, 0.5) is 13.2 Å². The van der Waals surface area contributed by atoms with E-state index in [9.17, 15) is 13.2 Å². The van der Waals surface area contributed by atoms with Crippen LogP contribution in [0.25, 0.3) is 0 Å². The first kappa shape index (κ1) is 12.4. The van der Waals surface area contributed by atoms with Crippen molar-refractivity contribution in [1.29, 1.82) is 0 Å². The second-order valence-corrected chi connectivity index (χ2v) is 5.10. The number of hydrogen-bond acceptors (Lipinski definition) is 2. The van der Waals surface area contributed by atoms with Crippen molar-refractivity contribution >= 4 is 0 Å². The summed E-state index contributed by atoms with van der Waals surface area (Å²) < 4.78 is 38.5. The second kappa shape index (κ2) is 3.70. The van der Waals surface area contributed by atoms with E-state index in [1.54, 1.807) is 0 Å². The molecular formula is C12H15F3N2. The number of nitrogens with two attached hydrogens (primary N) is 1. The lowest BCUT2D eigenvalue weighted by Crippen LogP contribution is -2.10. The molecule has 1 aliphatic rings. The van der Waals surface area contributed by atoms with Crippen LogP contribution in [-0.4, -0.2) is 11.5 Å². The van der Waals surface area contributed by atoms with Gasteiger partial charge in [0.2, 0.25) is 0 Å². The van der Waals surface area contributed by atoms with Crippen molar-refractivity contribution in [3.63, 3.8) is 0 Å². The molecule has 5 heteroatoms. The Labute approximate surface area is 98.0 Å². The minimum atomic E-state index is -4.35. The molecule has 17 heavy (non-hydrogen) atoms. The van der Waals surface area contributed by atoms with Gasteiger partial charge >= 0.3 is 6.18 Å². The van der Waals surface area contributed by atoms with Crippen LogP contribution in [0, 0.1) is 11.3 Å². The van der Waals surface area contributed by atoms with Gasteiger partial charge in [0.25, 0.3) is 0 Å². The van der Waals surface area contributed by atoms with Gasteiger partial charge < -0.3 is 5.73 Å². The van der Waals surface area contributed by atoms with E-state index >= 15 is 0 Å². The minimum absolute atomic E-state index is 0.117. The van der Waals surface area contributed by atoms with Gasteiger partial charge in [0, 0.05) is 12.4 Å². The van der Waals surface area contributed by atoms with Crippen molar-refractivity contribution in [3.05, 3.63) is 29.6 Å². The molecule has 2 N–H and O–H groups in total. The van der Waals surface area contributed by atoms with Gasteiger partial charge in [0.1, 0.15) is 0 Å². The lowest BCUT2D eigenvalue weighted by atomic mass is 9.99. The van der Waals surface area contributed by atoms with Gasteiger partial charge in [-0.15, -0.1) is 0 Å². The van der Waals surface area contributed by atoms with Crippen molar-refractivity contribution in [2.75, 3.05) is 6.54 Å². The number of alkyl halides is 3. The van der Waals surface area contributed by atoms with Crippen molar-refractivity contribution in [3.8, 4) is 0 Å². The number of hydrogen-bond donors (Lipinski definition) is 1. The molecule has 1 aromatic heterocycles. The third-order valence-corrected chi connectivity index (χ3v) is 3.80. The highest BCUT2D eigenvalue weighted by molar-refractivity contribution is 5.38. The van der Waals surface area contributed by atoms with Gasteiger partial charge in [-0.2, -0.15) is 13.2 Å². The van der Waals surface area contributed by atoms with Crippen molar-refractivity contribution in [1.82, 2.24) is 4.98 Å². The predicted molar refractivity (Wildman–Crippen MR) is 58.3 cm³/mol. The zero-order valence-electron chi connectivity index (χ0n) is 9.75. The summed E-state index contributed by atoms with van der Waals surface area (Å²) in [7, 11) is 0. The third kappa shape index (κ3) is 1.92. The topological polar surface area (TPSA) is 38.9 Å². The molecule has 0 spiro atoms. The fraction of sp³-hybridized carbons (Fsp3) is 0.583. The highest BCUT2D eigenvalue weighted by Crippen LogP contribution is 2.64. The van der Waals surface area contributed by atoms with Gasteiger partial charge in [0.15, 0.2) is 0 Å². The normalized spacial score (nSPS) is 26.9. The molecule has 0 radical (unpaired) electrons. The van der Waals surface area contributed by atoms with E-state index in [1.165, 1.54) is 12.3 Å². The number of nitrogens with zero attached hydrogens (tertiary/aromatic N) is 1. The smallest absolute Gasteiger partial charge is 0.330 e. The Morgan fingerprint density at radius 2 is 2.06 bits per heavy atom. The molecule has 2 atom stereocenters. The Morgan fingerprint density at radius 3 is 2.53 bits per heavy atom. The maximum atomic E-state index is 12.8. The van der Waals surface area contributed by atoms with Gasteiger partial charge in [-0.25, -0.2) is 0 Å². The lowest BCUT2D eigenvalue weighted by Gasteiger charge is -2.12. The Bertz CT molecular complexity index is 426. The number of rotatable bonds is 2. The molecule has 0 unspecified atom stereocenters. The first-order valence-corrected chi connectivity index (χ1v) is 5.51. The quantitative estimate of drug-likeness (QED) is 0.868. The average Bonchev–Trinajstić information content (AvgIpc) is 2.79. The summed E-state index contributed by atoms with van der Waals surface area (Å²) in [6.07, 6.45) is -2.04. The van der Waals surface area contributed by atoms with Crippen LogP contribution >= 0.6 is 0 Å². The molecular weight excluding hydrogens is 229 g/mol. The Kier molecular flexibility index (Phi) is 2.69. The Hall–Kier alpha value is -1.10. The van der Waals surface area contributed by atoms with Crippen LogP contribution in [0.15, 0.2) is 18.5 Å². The summed E-state index contributed by atoms with van der Waals surface area (Å²) in [5.41, 5.74) is 5.14. The van der Waals surface area contributed by atoms with E-state index < -0.39 is 11.7 Å². The van der Waals surface area contributed by atoms with Gasteiger partial charge in [-0.3, -0.25) is 4.98 Å². The summed E-state index contributed by atoms with van der Waals surface area (Å²) in [6, 6.07) is 1.46. The van der Waals surface area contributed by atoms with E-state index in [0.717, 1.165) is 6.20 Å². The zero-order chi connectivity index (χ0) is 12.8. The van der Waals surface area contributed by atoms with Crippen molar-refractivity contribution in [2.45, 2.75) is 25.9 Å².